The number of carbonyl (C=O) groups excluding carboxylic acids is 3. The quantitative estimate of drug-likeness (QED) is 0.439. The Bertz CT molecular complexity index is 1180. The first-order valence-corrected chi connectivity index (χ1v) is 13.2. The minimum Gasteiger partial charge on any atom is -0.394 e. The molecule has 3 amide bonds. The number of alkyl halides is 1. The van der Waals surface area contributed by atoms with E-state index in [0.717, 1.165) is 5.56 Å². The molecule has 3 unspecified atom stereocenters. The van der Waals surface area contributed by atoms with E-state index in [1.807, 2.05) is 30.3 Å². The van der Waals surface area contributed by atoms with Crippen LogP contribution in [0.2, 0.25) is 5.02 Å². The number of para-hydroxylation sites is 1. The topological polar surface area (TPSA) is 108 Å². The number of amides is 3. The first-order valence-electron chi connectivity index (χ1n) is 11.9. The van der Waals surface area contributed by atoms with Gasteiger partial charge in [0, 0.05) is 11.9 Å². The number of carbonyl (C=O) groups is 3. The van der Waals surface area contributed by atoms with Crippen LogP contribution in [0, 0.1) is 11.8 Å². The number of aliphatic hydroxyl groups excluding tert-OH is 1. The molecular weight excluding hydrogens is 550 g/mol. The maximum absolute atomic E-state index is 14.1. The molecule has 0 saturated carbocycles. The van der Waals surface area contributed by atoms with Gasteiger partial charge in [0.15, 0.2) is 0 Å². The number of halogens is 2. The highest BCUT2D eigenvalue weighted by Gasteiger charge is 2.77. The van der Waals surface area contributed by atoms with Gasteiger partial charge in [-0.1, -0.05) is 70.0 Å². The second-order valence-electron chi connectivity index (χ2n) is 9.52. The Kier molecular flexibility index (Phi) is 6.84. The molecule has 5 rings (SSSR count). The van der Waals surface area contributed by atoms with Gasteiger partial charge in [-0.3, -0.25) is 14.4 Å². The SMILES string of the molecule is CNC(=O)[C@H]1[C@@H]2OC3(CC2Br)C(C(=O)Nc2ccccc2Cl)N([C@@H](CO)Cc2ccccc2)C(=O)[C@H]13. The van der Waals surface area contributed by atoms with E-state index in [1.165, 1.54) is 11.9 Å². The van der Waals surface area contributed by atoms with Crippen molar-refractivity contribution in [3.63, 3.8) is 0 Å². The molecule has 3 saturated heterocycles. The van der Waals surface area contributed by atoms with Crippen molar-refractivity contribution in [3.05, 3.63) is 65.2 Å². The molecule has 36 heavy (non-hydrogen) atoms. The number of ether oxygens (including phenoxy) is 1. The van der Waals surface area contributed by atoms with Crippen molar-refractivity contribution in [3.8, 4) is 0 Å². The van der Waals surface area contributed by atoms with Gasteiger partial charge in [0.25, 0.3) is 0 Å². The monoisotopic (exact) mass is 575 g/mol. The summed E-state index contributed by atoms with van der Waals surface area (Å²) in [5, 5.41) is 16.3. The molecule has 3 heterocycles. The molecule has 2 aromatic carbocycles. The number of hydrogen-bond donors (Lipinski definition) is 3. The standard InChI is InChI=1S/C26H27BrClN3O5/c1-29-23(33)19-20-25(35)31(15(13-32)11-14-7-3-2-4-8-14)22(26(20)12-16(27)21(19)36-26)24(34)30-18-10-6-5-9-17(18)28/h2-10,15-16,19-22,32H,11-13H2,1H3,(H,29,33)(H,30,34)/t15-,16?,19-,20+,21-,22?,26?/m1/s1. The Morgan fingerprint density at radius 2 is 1.89 bits per heavy atom. The van der Waals surface area contributed by atoms with Crippen LogP contribution in [0.3, 0.4) is 0 Å². The van der Waals surface area contributed by atoms with Gasteiger partial charge in [-0.15, -0.1) is 0 Å². The molecule has 2 bridgehead atoms. The summed E-state index contributed by atoms with van der Waals surface area (Å²) in [5.74, 6) is -2.73. The van der Waals surface area contributed by atoms with Crippen LogP contribution < -0.4 is 10.6 Å². The van der Waals surface area contributed by atoms with Gasteiger partial charge in [-0.25, -0.2) is 0 Å². The number of anilines is 1. The number of aliphatic hydroxyl groups is 1. The van der Waals surface area contributed by atoms with Crippen molar-refractivity contribution in [2.24, 2.45) is 11.8 Å². The molecule has 0 aliphatic carbocycles. The molecular formula is C26H27BrClN3O5. The lowest BCUT2D eigenvalue weighted by Crippen LogP contribution is -2.57. The summed E-state index contributed by atoms with van der Waals surface area (Å²) < 4.78 is 6.43. The van der Waals surface area contributed by atoms with Crippen molar-refractivity contribution in [2.45, 2.75) is 41.5 Å². The molecule has 0 radical (unpaired) electrons. The Hall–Kier alpha value is -2.46. The zero-order valence-corrected chi connectivity index (χ0v) is 21.9. The third kappa shape index (κ3) is 3.93. The average Bonchev–Trinajstić information content (AvgIpc) is 3.47. The summed E-state index contributed by atoms with van der Waals surface area (Å²) in [5.41, 5.74) is 0.101. The number of rotatable bonds is 7. The number of hydrogen-bond acceptors (Lipinski definition) is 5. The lowest BCUT2D eigenvalue weighted by atomic mass is 9.70. The van der Waals surface area contributed by atoms with Crippen molar-refractivity contribution < 1.29 is 24.2 Å². The highest BCUT2D eigenvalue weighted by Crippen LogP contribution is 2.60. The average molecular weight is 577 g/mol. The first-order chi connectivity index (χ1) is 17.3. The first kappa shape index (κ1) is 25.2. The molecule has 2 aromatic rings. The molecule has 10 heteroatoms. The highest BCUT2D eigenvalue weighted by atomic mass is 79.9. The smallest absolute Gasteiger partial charge is 0.250 e. The lowest BCUT2D eigenvalue weighted by Gasteiger charge is -2.37. The van der Waals surface area contributed by atoms with E-state index < -0.39 is 41.5 Å². The molecule has 8 nitrogen and oxygen atoms in total. The summed E-state index contributed by atoms with van der Waals surface area (Å²) in [6, 6.07) is 14.6. The summed E-state index contributed by atoms with van der Waals surface area (Å²) in [6.07, 6.45) is 0.175. The van der Waals surface area contributed by atoms with Gasteiger partial charge >= 0.3 is 0 Å². The maximum atomic E-state index is 14.1. The van der Waals surface area contributed by atoms with Gasteiger partial charge in [0.2, 0.25) is 17.7 Å². The van der Waals surface area contributed by atoms with Gasteiger partial charge in [-0.05, 0) is 30.5 Å². The van der Waals surface area contributed by atoms with Crippen LogP contribution in [0.25, 0.3) is 0 Å². The molecule has 3 N–H and O–H groups in total. The van der Waals surface area contributed by atoms with Crippen LogP contribution in [0.1, 0.15) is 12.0 Å². The molecule has 3 fully saturated rings. The zero-order chi connectivity index (χ0) is 25.6. The summed E-state index contributed by atoms with van der Waals surface area (Å²) in [4.78, 5) is 42.2. The molecule has 190 valence electrons. The van der Waals surface area contributed by atoms with E-state index in [0.29, 0.717) is 23.6 Å². The molecule has 3 aliphatic heterocycles. The summed E-state index contributed by atoms with van der Waals surface area (Å²) in [7, 11) is 1.52. The van der Waals surface area contributed by atoms with Gasteiger partial charge in [-0.2, -0.15) is 0 Å². The van der Waals surface area contributed by atoms with E-state index in [-0.39, 0.29) is 23.2 Å². The Balaban J connectivity index is 1.58. The van der Waals surface area contributed by atoms with Gasteiger partial charge in [0.05, 0.1) is 41.3 Å². The Morgan fingerprint density at radius 3 is 2.56 bits per heavy atom. The second kappa shape index (κ2) is 9.78. The number of likely N-dealkylation sites (tertiary alicyclic amines) is 1. The molecule has 1 spiro atoms. The lowest BCUT2D eigenvalue weighted by molar-refractivity contribution is -0.143. The highest BCUT2D eigenvalue weighted by molar-refractivity contribution is 9.09. The van der Waals surface area contributed by atoms with Crippen molar-refractivity contribution in [1.29, 1.82) is 0 Å². The van der Waals surface area contributed by atoms with E-state index in [9.17, 15) is 19.5 Å². The predicted octanol–water partition coefficient (Wildman–Crippen LogP) is 2.38. The minimum atomic E-state index is -1.22. The number of benzene rings is 2. The van der Waals surface area contributed by atoms with E-state index in [2.05, 4.69) is 26.6 Å². The van der Waals surface area contributed by atoms with Crippen LogP contribution >= 0.6 is 27.5 Å². The van der Waals surface area contributed by atoms with Crippen LogP contribution in [0.15, 0.2) is 54.6 Å². The largest absolute Gasteiger partial charge is 0.394 e. The summed E-state index contributed by atoms with van der Waals surface area (Å²) in [6.45, 7) is -0.356. The fourth-order valence-electron chi connectivity index (χ4n) is 6.13. The third-order valence-corrected chi connectivity index (χ3v) is 8.75. The maximum Gasteiger partial charge on any atom is 0.250 e. The van der Waals surface area contributed by atoms with Crippen molar-refractivity contribution in [2.75, 3.05) is 19.0 Å². The fraction of sp³-hybridized carbons (Fsp3) is 0.423. The van der Waals surface area contributed by atoms with Crippen molar-refractivity contribution >= 4 is 50.9 Å². The third-order valence-electron chi connectivity index (χ3n) is 7.57. The summed E-state index contributed by atoms with van der Waals surface area (Å²) >= 11 is 9.94. The van der Waals surface area contributed by atoms with Gasteiger partial charge < -0.3 is 25.4 Å². The number of fused-ring (bicyclic) bond motifs is 1. The Labute approximate surface area is 222 Å². The van der Waals surface area contributed by atoms with Crippen LogP contribution in [0.4, 0.5) is 5.69 Å². The molecule has 7 atom stereocenters. The van der Waals surface area contributed by atoms with E-state index in [1.54, 1.807) is 24.3 Å². The minimum absolute atomic E-state index is 0.207. The number of nitrogens with zero attached hydrogens (tertiary/aromatic N) is 1. The predicted molar refractivity (Wildman–Crippen MR) is 138 cm³/mol. The zero-order valence-electron chi connectivity index (χ0n) is 19.6. The molecule has 3 aliphatic rings. The van der Waals surface area contributed by atoms with E-state index in [4.69, 9.17) is 16.3 Å². The van der Waals surface area contributed by atoms with Crippen LogP contribution in [-0.4, -0.2) is 70.0 Å². The van der Waals surface area contributed by atoms with Crippen LogP contribution in [0.5, 0.6) is 0 Å². The van der Waals surface area contributed by atoms with Crippen LogP contribution in [-0.2, 0) is 25.5 Å². The van der Waals surface area contributed by atoms with E-state index >= 15 is 0 Å². The van der Waals surface area contributed by atoms with Gasteiger partial charge in [0.1, 0.15) is 11.6 Å². The molecule has 0 aromatic heterocycles. The fourth-order valence-corrected chi connectivity index (χ4v) is 7.25. The Morgan fingerprint density at radius 1 is 1.19 bits per heavy atom. The number of nitrogens with one attached hydrogen (secondary N) is 2. The normalized spacial score (nSPS) is 31.3. The second-order valence-corrected chi connectivity index (χ2v) is 11.1. The van der Waals surface area contributed by atoms with Crippen molar-refractivity contribution in [1.82, 2.24) is 10.2 Å².